The third kappa shape index (κ3) is 4.34. The number of hydrogen-bond acceptors (Lipinski definition) is 2. The molecule has 10 heavy (non-hydrogen) atoms. The molecule has 0 spiro atoms. The normalized spacial score (nSPS) is 12.5. The molecular formula is C8H16N2. The highest BCUT2D eigenvalue weighted by Gasteiger charge is 2.01. The Hall–Kier alpha value is -0.550. The third-order valence-corrected chi connectivity index (χ3v) is 1.60. The van der Waals surface area contributed by atoms with Gasteiger partial charge < -0.3 is 5.32 Å². The van der Waals surface area contributed by atoms with Gasteiger partial charge in [0.25, 0.3) is 0 Å². The Kier molecular flexibility index (Phi) is 6.21. The molecule has 0 saturated heterocycles. The van der Waals surface area contributed by atoms with E-state index in [0.29, 0.717) is 12.6 Å². The molecule has 1 N–H and O–H groups in total. The molecule has 0 bridgehead atoms. The fraction of sp³-hybridized carbons (Fsp3) is 0.875. The van der Waals surface area contributed by atoms with Gasteiger partial charge in [-0.25, -0.2) is 0 Å². The monoisotopic (exact) mass is 140 g/mol. The van der Waals surface area contributed by atoms with Gasteiger partial charge in [0.1, 0.15) is 0 Å². The van der Waals surface area contributed by atoms with Crippen LogP contribution >= 0.6 is 0 Å². The van der Waals surface area contributed by atoms with E-state index in [-0.39, 0.29) is 0 Å². The summed E-state index contributed by atoms with van der Waals surface area (Å²) in [6.45, 7) is 4.79. The summed E-state index contributed by atoms with van der Waals surface area (Å²) in [7, 11) is 0. The van der Waals surface area contributed by atoms with E-state index in [1.165, 1.54) is 12.8 Å². The first-order chi connectivity index (χ1) is 4.85. The minimum Gasteiger partial charge on any atom is -0.302 e. The van der Waals surface area contributed by atoms with E-state index in [2.05, 4.69) is 25.2 Å². The Balaban J connectivity index is 3.32. The van der Waals surface area contributed by atoms with Crippen LogP contribution in [0.3, 0.4) is 0 Å². The maximum Gasteiger partial charge on any atom is 0.0843 e. The lowest BCUT2D eigenvalue weighted by molar-refractivity contribution is 0.487. The lowest BCUT2D eigenvalue weighted by Crippen LogP contribution is -2.28. The fourth-order valence-electron chi connectivity index (χ4n) is 0.989. The molecule has 0 amide bonds. The van der Waals surface area contributed by atoms with Crippen molar-refractivity contribution < 1.29 is 0 Å². The van der Waals surface area contributed by atoms with Crippen LogP contribution in [0.15, 0.2) is 0 Å². The Morgan fingerprint density at radius 1 is 1.50 bits per heavy atom. The van der Waals surface area contributed by atoms with Gasteiger partial charge in [-0.1, -0.05) is 20.3 Å². The van der Waals surface area contributed by atoms with Gasteiger partial charge in [0.2, 0.25) is 0 Å². The molecule has 1 atom stereocenters. The Morgan fingerprint density at radius 3 is 2.60 bits per heavy atom. The number of nitrogens with zero attached hydrogens (tertiary/aromatic N) is 1. The van der Waals surface area contributed by atoms with Crippen molar-refractivity contribution in [3.63, 3.8) is 0 Å². The standard InChI is InChI=1S/C8H16N2/c1-3-5-8(4-2)10-7-6-9/h8,10H,3-5,7H2,1-2H3/t8-/m1/s1. The van der Waals surface area contributed by atoms with Crippen LogP contribution in [-0.2, 0) is 0 Å². The summed E-state index contributed by atoms with van der Waals surface area (Å²) < 4.78 is 0. The van der Waals surface area contributed by atoms with Crippen LogP contribution in [0.5, 0.6) is 0 Å². The predicted molar refractivity (Wildman–Crippen MR) is 42.6 cm³/mol. The highest BCUT2D eigenvalue weighted by molar-refractivity contribution is 4.76. The minimum absolute atomic E-state index is 0.485. The van der Waals surface area contributed by atoms with Crippen molar-refractivity contribution in [1.29, 1.82) is 5.26 Å². The van der Waals surface area contributed by atoms with Gasteiger partial charge >= 0.3 is 0 Å². The number of nitrogens with one attached hydrogen (secondary N) is 1. The third-order valence-electron chi connectivity index (χ3n) is 1.60. The zero-order valence-electron chi connectivity index (χ0n) is 6.85. The molecule has 0 aliphatic rings. The predicted octanol–water partition coefficient (Wildman–Crippen LogP) is 1.68. The van der Waals surface area contributed by atoms with Crippen molar-refractivity contribution in [2.24, 2.45) is 0 Å². The van der Waals surface area contributed by atoms with Gasteiger partial charge in [0, 0.05) is 6.04 Å². The van der Waals surface area contributed by atoms with Gasteiger partial charge in [-0.2, -0.15) is 5.26 Å². The van der Waals surface area contributed by atoms with E-state index in [1.54, 1.807) is 0 Å². The van der Waals surface area contributed by atoms with E-state index in [9.17, 15) is 0 Å². The molecule has 0 aliphatic carbocycles. The zero-order chi connectivity index (χ0) is 7.82. The molecule has 2 nitrogen and oxygen atoms in total. The van der Waals surface area contributed by atoms with Crippen LogP contribution < -0.4 is 5.32 Å². The second-order valence-corrected chi connectivity index (χ2v) is 2.43. The van der Waals surface area contributed by atoms with Crippen LogP contribution in [-0.4, -0.2) is 12.6 Å². The molecule has 0 heterocycles. The molecule has 0 aliphatic heterocycles. The van der Waals surface area contributed by atoms with E-state index in [4.69, 9.17) is 5.26 Å². The highest BCUT2D eigenvalue weighted by atomic mass is 14.9. The van der Waals surface area contributed by atoms with Crippen LogP contribution in [0.2, 0.25) is 0 Å². The van der Waals surface area contributed by atoms with E-state index in [0.717, 1.165) is 6.42 Å². The molecule has 0 aromatic heterocycles. The average molecular weight is 140 g/mol. The molecule has 0 rings (SSSR count). The molecule has 0 unspecified atom stereocenters. The van der Waals surface area contributed by atoms with Crippen LogP contribution in [0.4, 0.5) is 0 Å². The van der Waals surface area contributed by atoms with Crippen LogP contribution in [0.1, 0.15) is 33.1 Å². The molecule has 0 aromatic rings. The summed E-state index contributed by atoms with van der Waals surface area (Å²) in [5.41, 5.74) is 0. The summed E-state index contributed by atoms with van der Waals surface area (Å²) >= 11 is 0. The minimum atomic E-state index is 0.485. The van der Waals surface area contributed by atoms with Gasteiger partial charge in [-0.05, 0) is 12.8 Å². The second kappa shape index (κ2) is 6.57. The molecule has 0 aromatic carbocycles. The summed E-state index contributed by atoms with van der Waals surface area (Å²) in [4.78, 5) is 0. The van der Waals surface area contributed by atoms with E-state index >= 15 is 0 Å². The maximum atomic E-state index is 8.27. The summed E-state index contributed by atoms with van der Waals surface area (Å²) in [6, 6.07) is 2.63. The molecular weight excluding hydrogens is 124 g/mol. The van der Waals surface area contributed by atoms with Gasteiger partial charge in [0.05, 0.1) is 12.6 Å². The second-order valence-electron chi connectivity index (χ2n) is 2.43. The largest absolute Gasteiger partial charge is 0.302 e. The van der Waals surface area contributed by atoms with Gasteiger partial charge in [-0.3, -0.25) is 0 Å². The molecule has 0 radical (unpaired) electrons. The zero-order valence-corrected chi connectivity index (χ0v) is 6.85. The van der Waals surface area contributed by atoms with Crippen molar-refractivity contribution in [1.82, 2.24) is 5.32 Å². The number of nitriles is 1. The Labute approximate surface area is 63.2 Å². The lowest BCUT2D eigenvalue weighted by Gasteiger charge is -2.12. The van der Waals surface area contributed by atoms with Crippen molar-refractivity contribution in [3.8, 4) is 6.07 Å². The molecule has 0 fully saturated rings. The van der Waals surface area contributed by atoms with Crippen LogP contribution in [0.25, 0.3) is 0 Å². The fourth-order valence-corrected chi connectivity index (χ4v) is 0.989. The van der Waals surface area contributed by atoms with Crippen molar-refractivity contribution in [2.75, 3.05) is 6.54 Å². The highest BCUT2D eigenvalue weighted by Crippen LogP contribution is 1.99. The number of rotatable bonds is 5. The van der Waals surface area contributed by atoms with Crippen molar-refractivity contribution >= 4 is 0 Å². The summed E-state index contributed by atoms with van der Waals surface area (Å²) in [5.74, 6) is 0. The first-order valence-electron chi connectivity index (χ1n) is 3.95. The topological polar surface area (TPSA) is 35.8 Å². The molecule has 2 heteroatoms. The molecule has 0 saturated carbocycles. The summed E-state index contributed by atoms with van der Waals surface area (Å²) in [5, 5.41) is 11.4. The first kappa shape index (κ1) is 9.45. The van der Waals surface area contributed by atoms with Gasteiger partial charge in [0.15, 0.2) is 0 Å². The van der Waals surface area contributed by atoms with Crippen molar-refractivity contribution in [3.05, 3.63) is 0 Å². The average Bonchev–Trinajstić information content (AvgIpc) is 1.98. The number of hydrogen-bond donors (Lipinski definition) is 1. The van der Waals surface area contributed by atoms with Crippen molar-refractivity contribution in [2.45, 2.75) is 39.2 Å². The molecule has 58 valence electrons. The summed E-state index contributed by atoms with van der Waals surface area (Å²) in [6.07, 6.45) is 3.49. The first-order valence-corrected chi connectivity index (χ1v) is 3.95. The smallest absolute Gasteiger partial charge is 0.0843 e. The SMILES string of the molecule is CCC[C@@H](CC)NCC#N. The maximum absolute atomic E-state index is 8.27. The quantitative estimate of drug-likeness (QED) is 0.590. The van der Waals surface area contributed by atoms with Crippen LogP contribution in [0, 0.1) is 11.3 Å². The van der Waals surface area contributed by atoms with E-state index < -0.39 is 0 Å². The lowest BCUT2D eigenvalue weighted by atomic mass is 10.1. The van der Waals surface area contributed by atoms with Gasteiger partial charge in [-0.15, -0.1) is 0 Å². The Bertz CT molecular complexity index is 104. The Morgan fingerprint density at radius 2 is 2.20 bits per heavy atom. The van der Waals surface area contributed by atoms with E-state index in [1.807, 2.05) is 0 Å².